The summed E-state index contributed by atoms with van der Waals surface area (Å²) in [7, 11) is 1.74. The van der Waals surface area contributed by atoms with Crippen LogP contribution in [0.15, 0.2) is 12.3 Å². The van der Waals surface area contributed by atoms with Crippen molar-refractivity contribution in [3.8, 4) is 0 Å². The maximum Gasteiger partial charge on any atom is 0.339 e. The summed E-state index contributed by atoms with van der Waals surface area (Å²) >= 11 is 0. The predicted molar refractivity (Wildman–Crippen MR) is 76.9 cm³/mol. The summed E-state index contributed by atoms with van der Waals surface area (Å²) in [5.74, 6) is -3.54. The molecule has 110 valence electrons. The second-order valence-corrected chi connectivity index (χ2v) is 5.01. The van der Waals surface area contributed by atoms with Gasteiger partial charge in [0.25, 0.3) is 0 Å². The number of alkyl halides is 2. The highest BCUT2D eigenvalue weighted by Crippen LogP contribution is 2.25. The SMILES string of the molecule is Bc1cnc(NC(C)CCC(F)(F)CC)c(C(=O)O)c1. The smallest absolute Gasteiger partial charge is 0.339 e. The van der Waals surface area contributed by atoms with Gasteiger partial charge in [0.2, 0.25) is 5.92 Å². The number of rotatable bonds is 7. The number of carboxylic acids is 1. The molecule has 0 fully saturated rings. The Bertz CT molecular complexity index is 483. The summed E-state index contributed by atoms with van der Waals surface area (Å²) in [5, 5.41) is 12.0. The van der Waals surface area contributed by atoms with Gasteiger partial charge < -0.3 is 10.4 Å². The maximum atomic E-state index is 13.2. The number of aromatic carboxylic acids is 1. The van der Waals surface area contributed by atoms with Crippen LogP contribution in [0.4, 0.5) is 14.6 Å². The summed E-state index contributed by atoms with van der Waals surface area (Å²) in [6.45, 7) is 3.18. The molecular formula is C13H19BF2N2O2. The van der Waals surface area contributed by atoms with Crippen LogP contribution in [-0.2, 0) is 0 Å². The lowest BCUT2D eigenvalue weighted by Crippen LogP contribution is -2.24. The van der Waals surface area contributed by atoms with Crippen LogP contribution < -0.4 is 10.8 Å². The molecule has 2 N–H and O–H groups in total. The zero-order chi connectivity index (χ0) is 15.3. The number of nitrogens with zero attached hydrogens (tertiary/aromatic N) is 1. The van der Waals surface area contributed by atoms with Gasteiger partial charge in [-0.15, -0.1) is 0 Å². The minimum Gasteiger partial charge on any atom is -0.478 e. The summed E-state index contributed by atoms with van der Waals surface area (Å²) in [6.07, 6.45) is 1.37. The third kappa shape index (κ3) is 4.79. The number of carboxylic acid groups (broad SMARTS) is 1. The van der Waals surface area contributed by atoms with Crippen molar-refractivity contribution in [2.45, 2.75) is 45.1 Å². The number of hydrogen-bond donors (Lipinski definition) is 2. The van der Waals surface area contributed by atoms with Crippen LogP contribution in [0.3, 0.4) is 0 Å². The largest absolute Gasteiger partial charge is 0.478 e. The van der Waals surface area contributed by atoms with Crippen LogP contribution in [0.2, 0.25) is 0 Å². The molecule has 0 spiro atoms. The molecule has 0 aliphatic carbocycles. The normalized spacial score (nSPS) is 13.0. The molecule has 20 heavy (non-hydrogen) atoms. The van der Waals surface area contributed by atoms with E-state index in [1.54, 1.807) is 21.0 Å². The highest BCUT2D eigenvalue weighted by Gasteiger charge is 2.26. The van der Waals surface area contributed by atoms with E-state index in [9.17, 15) is 13.6 Å². The van der Waals surface area contributed by atoms with Crippen LogP contribution >= 0.6 is 0 Å². The first-order valence-corrected chi connectivity index (χ1v) is 6.59. The predicted octanol–water partition coefficient (Wildman–Crippen LogP) is 1.66. The van der Waals surface area contributed by atoms with E-state index < -0.39 is 11.9 Å². The molecule has 0 saturated heterocycles. The minimum atomic E-state index is -2.67. The monoisotopic (exact) mass is 284 g/mol. The second kappa shape index (κ2) is 6.68. The van der Waals surface area contributed by atoms with Crippen molar-refractivity contribution in [2.24, 2.45) is 0 Å². The fourth-order valence-corrected chi connectivity index (χ4v) is 1.76. The van der Waals surface area contributed by atoms with Crippen molar-refractivity contribution in [3.63, 3.8) is 0 Å². The fourth-order valence-electron chi connectivity index (χ4n) is 1.76. The Kier molecular flexibility index (Phi) is 5.47. The highest BCUT2D eigenvalue weighted by atomic mass is 19.3. The van der Waals surface area contributed by atoms with E-state index in [0.29, 0.717) is 0 Å². The quantitative estimate of drug-likeness (QED) is 0.748. The molecule has 1 unspecified atom stereocenters. The molecule has 1 heterocycles. The Morgan fingerprint density at radius 1 is 1.60 bits per heavy atom. The van der Waals surface area contributed by atoms with Gasteiger partial charge in [0, 0.05) is 25.1 Å². The van der Waals surface area contributed by atoms with E-state index in [4.69, 9.17) is 5.11 Å². The first-order chi connectivity index (χ1) is 9.25. The Balaban J connectivity index is 2.71. The van der Waals surface area contributed by atoms with E-state index >= 15 is 0 Å². The molecule has 1 atom stereocenters. The lowest BCUT2D eigenvalue weighted by atomic mass is 9.96. The molecule has 0 bridgehead atoms. The topological polar surface area (TPSA) is 62.2 Å². The average Bonchev–Trinajstić information content (AvgIpc) is 2.38. The third-order valence-corrected chi connectivity index (χ3v) is 3.10. The Morgan fingerprint density at radius 3 is 2.80 bits per heavy atom. The Morgan fingerprint density at radius 2 is 2.25 bits per heavy atom. The summed E-state index contributed by atoms with van der Waals surface area (Å²) in [4.78, 5) is 15.1. The first kappa shape index (κ1) is 16.4. The van der Waals surface area contributed by atoms with Gasteiger partial charge in [-0.3, -0.25) is 0 Å². The molecule has 0 radical (unpaired) electrons. The van der Waals surface area contributed by atoms with Crippen molar-refractivity contribution in [3.05, 3.63) is 17.8 Å². The van der Waals surface area contributed by atoms with E-state index in [0.717, 1.165) is 5.46 Å². The van der Waals surface area contributed by atoms with Crippen LogP contribution in [-0.4, -0.2) is 35.9 Å². The average molecular weight is 284 g/mol. The summed E-state index contributed by atoms with van der Waals surface area (Å²) in [5.41, 5.74) is 0.789. The number of anilines is 1. The first-order valence-electron chi connectivity index (χ1n) is 6.59. The molecule has 7 heteroatoms. The van der Waals surface area contributed by atoms with Crippen molar-refractivity contribution in [1.29, 1.82) is 0 Å². The van der Waals surface area contributed by atoms with Gasteiger partial charge in [-0.25, -0.2) is 18.6 Å². The van der Waals surface area contributed by atoms with Crippen LogP contribution in [0.5, 0.6) is 0 Å². The summed E-state index contributed by atoms with van der Waals surface area (Å²) in [6, 6.07) is 1.23. The zero-order valence-corrected chi connectivity index (χ0v) is 11.9. The van der Waals surface area contributed by atoms with Crippen molar-refractivity contribution < 1.29 is 18.7 Å². The number of aromatic nitrogens is 1. The van der Waals surface area contributed by atoms with Crippen LogP contribution in [0.25, 0.3) is 0 Å². The van der Waals surface area contributed by atoms with Crippen molar-refractivity contribution >= 4 is 25.1 Å². The van der Waals surface area contributed by atoms with E-state index in [1.165, 1.54) is 13.0 Å². The third-order valence-electron chi connectivity index (χ3n) is 3.10. The van der Waals surface area contributed by atoms with Crippen LogP contribution in [0.1, 0.15) is 43.5 Å². The standard InChI is InChI=1S/C13H19BF2N2O2/c1-3-13(15,16)5-4-8(2)18-11-10(12(19)20)6-9(14)7-17-11/h6-8H,3-5,14H2,1-2H3,(H,17,18)(H,19,20). The van der Waals surface area contributed by atoms with Gasteiger partial charge in [0.15, 0.2) is 0 Å². The minimum absolute atomic E-state index is 0.0547. The lowest BCUT2D eigenvalue weighted by Gasteiger charge is -2.19. The highest BCUT2D eigenvalue weighted by molar-refractivity contribution is 6.32. The fraction of sp³-hybridized carbons (Fsp3) is 0.538. The van der Waals surface area contributed by atoms with Gasteiger partial charge in [-0.1, -0.05) is 12.4 Å². The molecule has 0 aliphatic heterocycles. The zero-order valence-electron chi connectivity index (χ0n) is 11.9. The van der Waals surface area contributed by atoms with Crippen molar-refractivity contribution in [2.75, 3.05) is 5.32 Å². The molecular weight excluding hydrogens is 265 g/mol. The second-order valence-electron chi connectivity index (χ2n) is 5.01. The molecule has 1 aromatic rings. The Hall–Kier alpha value is -1.66. The molecule has 1 aromatic heterocycles. The van der Waals surface area contributed by atoms with Gasteiger partial charge >= 0.3 is 5.97 Å². The number of nitrogens with one attached hydrogen (secondary N) is 1. The number of hydrogen-bond acceptors (Lipinski definition) is 3. The van der Waals surface area contributed by atoms with Gasteiger partial charge in [0.05, 0.1) is 0 Å². The van der Waals surface area contributed by atoms with Gasteiger partial charge in [0.1, 0.15) is 19.2 Å². The van der Waals surface area contributed by atoms with Crippen LogP contribution in [0, 0.1) is 0 Å². The number of halogens is 2. The van der Waals surface area contributed by atoms with Gasteiger partial charge in [-0.2, -0.15) is 0 Å². The number of carbonyl (C=O) groups is 1. The van der Waals surface area contributed by atoms with Crippen molar-refractivity contribution in [1.82, 2.24) is 4.98 Å². The lowest BCUT2D eigenvalue weighted by molar-refractivity contribution is -0.0139. The summed E-state index contributed by atoms with van der Waals surface area (Å²) < 4.78 is 26.3. The molecule has 0 saturated carbocycles. The van der Waals surface area contributed by atoms with E-state index in [2.05, 4.69) is 10.3 Å². The van der Waals surface area contributed by atoms with E-state index in [-0.39, 0.29) is 36.7 Å². The molecule has 0 aromatic carbocycles. The molecule has 0 aliphatic rings. The molecule has 0 amide bonds. The molecule has 4 nitrogen and oxygen atoms in total. The Labute approximate surface area is 118 Å². The molecule has 1 rings (SSSR count). The maximum absolute atomic E-state index is 13.2. The number of pyridine rings is 1. The van der Waals surface area contributed by atoms with E-state index in [1.807, 2.05) is 0 Å². The van der Waals surface area contributed by atoms with Gasteiger partial charge in [-0.05, 0) is 19.4 Å².